The van der Waals surface area contributed by atoms with Gasteiger partial charge in [0, 0.05) is 52.4 Å². The van der Waals surface area contributed by atoms with Crippen LogP contribution >= 0.6 is 0 Å². The molecule has 27 heavy (non-hydrogen) atoms. The molecule has 2 rings (SSSR count). The van der Waals surface area contributed by atoms with Gasteiger partial charge in [0.1, 0.15) is 0 Å². The molecule has 6 heteroatoms. The molecular weight excluding hydrogens is 342 g/mol. The molecule has 2 aliphatic rings. The first-order valence-corrected chi connectivity index (χ1v) is 11.1. The summed E-state index contributed by atoms with van der Waals surface area (Å²) in [5.41, 5.74) is 0. The topological polar surface area (TPSA) is 68.2 Å². The van der Waals surface area contributed by atoms with E-state index in [1.165, 1.54) is 12.8 Å². The number of nitrogens with zero attached hydrogens (tertiary/aromatic N) is 2. The zero-order valence-electron chi connectivity index (χ0n) is 17.8. The molecule has 4 atom stereocenters. The Hall–Kier alpha value is -0.240. The SMILES string of the molecule is CC1CCC(C(C)C)C(OCC(O)CN2CCN(CCNCCO)CC2)C1. The number of rotatable bonds is 11. The second kappa shape index (κ2) is 12.3. The Bertz CT molecular complexity index is 389. The quantitative estimate of drug-likeness (QED) is 0.462. The average Bonchev–Trinajstić information content (AvgIpc) is 2.64. The second-order valence-corrected chi connectivity index (χ2v) is 8.97. The van der Waals surface area contributed by atoms with Gasteiger partial charge in [0.15, 0.2) is 0 Å². The predicted molar refractivity (Wildman–Crippen MR) is 110 cm³/mol. The Kier molecular flexibility index (Phi) is 10.5. The molecule has 0 spiro atoms. The number of β-amino-alcohol motifs (C(OH)–C–C–N with tert-alkyl or cyclic N) is 1. The molecule has 0 aromatic heterocycles. The van der Waals surface area contributed by atoms with E-state index in [4.69, 9.17) is 9.84 Å². The van der Waals surface area contributed by atoms with E-state index >= 15 is 0 Å². The molecule has 6 nitrogen and oxygen atoms in total. The van der Waals surface area contributed by atoms with Gasteiger partial charge in [0.2, 0.25) is 0 Å². The highest BCUT2D eigenvalue weighted by atomic mass is 16.5. The van der Waals surface area contributed by atoms with E-state index in [1.54, 1.807) is 0 Å². The van der Waals surface area contributed by atoms with Crippen molar-refractivity contribution in [3.8, 4) is 0 Å². The van der Waals surface area contributed by atoms with Crippen molar-refractivity contribution in [1.29, 1.82) is 0 Å². The standard InChI is InChI=1S/C21H43N3O3/c1-17(2)20-5-4-18(3)14-21(20)27-16-19(26)15-24-11-9-23(10-12-24)8-6-22-7-13-25/h17-22,25-26H,4-16H2,1-3H3. The summed E-state index contributed by atoms with van der Waals surface area (Å²) in [4.78, 5) is 4.80. The summed E-state index contributed by atoms with van der Waals surface area (Å²) in [5.74, 6) is 2.03. The van der Waals surface area contributed by atoms with Crippen LogP contribution < -0.4 is 5.32 Å². The third-order valence-electron chi connectivity index (χ3n) is 6.29. The molecule has 2 fully saturated rings. The summed E-state index contributed by atoms with van der Waals surface area (Å²) in [6.45, 7) is 15.0. The van der Waals surface area contributed by atoms with Crippen LogP contribution in [0.4, 0.5) is 0 Å². The van der Waals surface area contributed by atoms with Gasteiger partial charge in [-0.3, -0.25) is 9.80 Å². The van der Waals surface area contributed by atoms with Crippen molar-refractivity contribution in [2.24, 2.45) is 17.8 Å². The Balaban J connectivity index is 1.62. The Morgan fingerprint density at radius 2 is 1.78 bits per heavy atom. The maximum atomic E-state index is 10.5. The monoisotopic (exact) mass is 385 g/mol. The molecule has 1 saturated carbocycles. The lowest BCUT2D eigenvalue weighted by molar-refractivity contribution is -0.0754. The zero-order valence-corrected chi connectivity index (χ0v) is 17.8. The van der Waals surface area contributed by atoms with Crippen molar-refractivity contribution in [1.82, 2.24) is 15.1 Å². The third kappa shape index (κ3) is 8.34. The summed E-state index contributed by atoms with van der Waals surface area (Å²) < 4.78 is 6.21. The van der Waals surface area contributed by atoms with Crippen LogP contribution in [-0.4, -0.2) is 97.8 Å². The van der Waals surface area contributed by atoms with E-state index in [2.05, 4.69) is 35.9 Å². The first kappa shape index (κ1) is 23.0. The smallest absolute Gasteiger partial charge is 0.0900 e. The lowest BCUT2D eigenvalue weighted by Crippen LogP contribution is -2.50. The van der Waals surface area contributed by atoms with Crippen molar-refractivity contribution in [2.75, 3.05) is 65.6 Å². The van der Waals surface area contributed by atoms with Crippen LogP contribution in [0.3, 0.4) is 0 Å². The van der Waals surface area contributed by atoms with Gasteiger partial charge in [-0.15, -0.1) is 0 Å². The normalized spacial score (nSPS) is 29.3. The van der Waals surface area contributed by atoms with Gasteiger partial charge < -0.3 is 20.3 Å². The molecule has 0 bridgehead atoms. The molecule has 1 aliphatic carbocycles. The minimum atomic E-state index is -0.396. The first-order chi connectivity index (χ1) is 13.0. The first-order valence-electron chi connectivity index (χ1n) is 11.1. The van der Waals surface area contributed by atoms with Gasteiger partial charge in [0.25, 0.3) is 0 Å². The molecule has 1 aliphatic heterocycles. The number of piperazine rings is 1. The van der Waals surface area contributed by atoms with Crippen molar-refractivity contribution in [3.63, 3.8) is 0 Å². The molecule has 160 valence electrons. The van der Waals surface area contributed by atoms with Crippen molar-refractivity contribution in [2.45, 2.75) is 52.2 Å². The average molecular weight is 386 g/mol. The number of aliphatic hydroxyl groups excluding tert-OH is 2. The Morgan fingerprint density at radius 1 is 1.07 bits per heavy atom. The van der Waals surface area contributed by atoms with E-state index in [9.17, 15) is 5.11 Å². The maximum Gasteiger partial charge on any atom is 0.0900 e. The summed E-state index contributed by atoms with van der Waals surface area (Å²) in [6, 6.07) is 0. The fourth-order valence-electron chi connectivity index (χ4n) is 4.53. The highest BCUT2D eigenvalue weighted by Crippen LogP contribution is 2.35. The zero-order chi connectivity index (χ0) is 19.6. The van der Waals surface area contributed by atoms with Crippen LogP contribution in [0, 0.1) is 17.8 Å². The number of hydrogen-bond acceptors (Lipinski definition) is 6. The molecule has 1 heterocycles. The lowest BCUT2D eigenvalue weighted by Gasteiger charge is -2.38. The molecular formula is C21H43N3O3. The summed E-state index contributed by atoms with van der Waals surface area (Å²) in [6.07, 6.45) is 3.62. The summed E-state index contributed by atoms with van der Waals surface area (Å²) >= 11 is 0. The van der Waals surface area contributed by atoms with Gasteiger partial charge >= 0.3 is 0 Å². The van der Waals surface area contributed by atoms with Gasteiger partial charge in [-0.05, 0) is 30.6 Å². The summed E-state index contributed by atoms with van der Waals surface area (Å²) in [5, 5.41) is 22.5. The highest BCUT2D eigenvalue weighted by molar-refractivity contribution is 4.82. The fraction of sp³-hybridized carbons (Fsp3) is 1.00. The second-order valence-electron chi connectivity index (χ2n) is 8.97. The van der Waals surface area contributed by atoms with Crippen LogP contribution in [0.2, 0.25) is 0 Å². The third-order valence-corrected chi connectivity index (χ3v) is 6.29. The predicted octanol–water partition coefficient (Wildman–Crippen LogP) is 1.02. The molecule has 0 aromatic carbocycles. The molecule has 0 radical (unpaired) electrons. The Morgan fingerprint density at radius 3 is 2.44 bits per heavy atom. The van der Waals surface area contributed by atoms with Crippen LogP contribution in [-0.2, 0) is 4.74 Å². The minimum absolute atomic E-state index is 0.200. The van der Waals surface area contributed by atoms with Crippen LogP contribution in [0.25, 0.3) is 0 Å². The van der Waals surface area contributed by atoms with Gasteiger partial charge in [-0.25, -0.2) is 0 Å². The van der Waals surface area contributed by atoms with Gasteiger partial charge in [0.05, 0.1) is 25.4 Å². The fourth-order valence-corrected chi connectivity index (χ4v) is 4.53. The molecule has 0 aromatic rings. The summed E-state index contributed by atoms with van der Waals surface area (Å²) in [7, 11) is 0. The van der Waals surface area contributed by atoms with E-state index in [1.807, 2.05) is 0 Å². The van der Waals surface area contributed by atoms with Crippen molar-refractivity contribution in [3.05, 3.63) is 0 Å². The molecule has 0 amide bonds. The minimum Gasteiger partial charge on any atom is -0.395 e. The number of aliphatic hydroxyl groups is 2. The lowest BCUT2D eigenvalue weighted by atomic mass is 9.75. The maximum absolute atomic E-state index is 10.5. The number of ether oxygens (including phenoxy) is 1. The molecule has 3 N–H and O–H groups in total. The van der Waals surface area contributed by atoms with Gasteiger partial charge in [-0.2, -0.15) is 0 Å². The number of nitrogens with one attached hydrogen (secondary N) is 1. The van der Waals surface area contributed by atoms with Crippen LogP contribution in [0.1, 0.15) is 40.0 Å². The van der Waals surface area contributed by atoms with Gasteiger partial charge in [-0.1, -0.05) is 27.2 Å². The molecule has 4 unspecified atom stereocenters. The van der Waals surface area contributed by atoms with E-state index in [-0.39, 0.29) is 6.61 Å². The van der Waals surface area contributed by atoms with E-state index < -0.39 is 6.10 Å². The molecule has 1 saturated heterocycles. The Labute approximate surface area is 166 Å². The van der Waals surface area contributed by atoms with Crippen LogP contribution in [0.15, 0.2) is 0 Å². The van der Waals surface area contributed by atoms with E-state index in [0.29, 0.717) is 37.6 Å². The van der Waals surface area contributed by atoms with Crippen molar-refractivity contribution < 1.29 is 14.9 Å². The van der Waals surface area contributed by atoms with E-state index in [0.717, 1.165) is 51.6 Å². The van der Waals surface area contributed by atoms with Crippen molar-refractivity contribution >= 4 is 0 Å². The largest absolute Gasteiger partial charge is 0.395 e. The van der Waals surface area contributed by atoms with Crippen LogP contribution in [0.5, 0.6) is 0 Å². The highest BCUT2D eigenvalue weighted by Gasteiger charge is 2.32. The number of hydrogen-bond donors (Lipinski definition) is 3.